The Balaban J connectivity index is 2.26. The molecule has 1 unspecified atom stereocenters. The number of hydrogen-bond donors (Lipinski definition) is 0. The number of allylic oxidation sites excluding steroid dienone is 2. The van der Waals surface area contributed by atoms with Crippen LogP contribution in [0.2, 0.25) is 18.6 Å². The van der Waals surface area contributed by atoms with E-state index in [9.17, 15) is 4.79 Å². The summed E-state index contributed by atoms with van der Waals surface area (Å²) in [5.41, 5.74) is 0.604. The summed E-state index contributed by atoms with van der Waals surface area (Å²) in [7, 11) is -1.45. The fourth-order valence-electron chi connectivity index (χ4n) is 2.38. The number of carbonyl (C=O) groups is 1. The lowest BCUT2D eigenvalue weighted by atomic mass is 10.1. The summed E-state index contributed by atoms with van der Waals surface area (Å²) in [6, 6.07) is 10.8. The van der Waals surface area contributed by atoms with Gasteiger partial charge in [0.25, 0.3) is 0 Å². The first kappa shape index (κ1) is 11.3. The molecule has 0 bridgehead atoms. The second-order valence-electron chi connectivity index (χ2n) is 5.06. The van der Waals surface area contributed by atoms with E-state index in [-0.39, 0.29) is 5.78 Å². The molecular formula is C14H18OSi. The maximum Gasteiger partial charge on any atom is 0.155 e. The van der Waals surface area contributed by atoms with Crippen molar-refractivity contribution in [2.45, 2.75) is 31.5 Å². The third-order valence-electron chi connectivity index (χ3n) is 3.66. The highest BCUT2D eigenvalue weighted by atomic mass is 28.3. The fraction of sp³-hybridized carbons (Fsp3) is 0.357. The lowest BCUT2D eigenvalue weighted by Gasteiger charge is -2.32. The summed E-state index contributed by atoms with van der Waals surface area (Å²) >= 11 is 0. The summed E-state index contributed by atoms with van der Waals surface area (Å²) in [5, 5.41) is 1.49. The molecule has 1 aromatic carbocycles. The van der Waals surface area contributed by atoms with Gasteiger partial charge in [-0.1, -0.05) is 54.7 Å². The molecule has 2 heteroatoms. The molecule has 0 N–H and O–H groups in total. The first-order valence-electron chi connectivity index (χ1n) is 5.87. The van der Waals surface area contributed by atoms with Crippen molar-refractivity contribution in [1.29, 1.82) is 0 Å². The lowest BCUT2D eigenvalue weighted by Crippen LogP contribution is -2.46. The van der Waals surface area contributed by atoms with E-state index in [0.29, 0.717) is 5.54 Å². The van der Waals surface area contributed by atoms with Crippen molar-refractivity contribution in [2.24, 2.45) is 0 Å². The molecule has 0 radical (unpaired) electrons. The molecule has 0 saturated carbocycles. The molecule has 1 aromatic rings. The van der Waals surface area contributed by atoms with Crippen molar-refractivity contribution in [2.75, 3.05) is 0 Å². The van der Waals surface area contributed by atoms with Crippen LogP contribution in [-0.2, 0) is 4.79 Å². The van der Waals surface area contributed by atoms with Crippen molar-refractivity contribution >= 4 is 19.0 Å². The molecule has 1 aliphatic carbocycles. The maximum absolute atomic E-state index is 11.2. The van der Waals surface area contributed by atoms with Gasteiger partial charge in [-0.05, 0) is 18.0 Å². The third kappa shape index (κ3) is 2.17. The number of hydrogen-bond acceptors (Lipinski definition) is 1. The Morgan fingerprint density at radius 3 is 2.44 bits per heavy atom. The Morgan fingerprint density at radius 1 is 1.19 bits per heavy atom. The van der Waals surface area contributed by atoms with Gasteiger partial charge in [0.15, 0.2) is 5.78 Å². The number of ketones is 1. The standard InChI is InChI=1S/C14H18OSi/c1-16(2,13-6-4-3-5-7-13)14-10-8-12(15)9-11-14/h3-8,10,14H,9,11H2,1-2H3. The Morgan fingerprint density at radius 2 is 1.88 bits per heavy atom. The van der Waals surface area contributed by atoms with Crippen molar-refractivity contribution in [3.63, 3.8) is 0 Å². The topological polar surface area (TPSA) is 17.1 Å². The van der Waals surface area contributed by atoms with Crippen LogP contribution in [0.5, 0.6) is 0 Å². The van der Waals surface area contributed by atoms with E-state index in [1.807, 2.05) is 0 Å². The predicted octanol–water partition coefficient (Wildman–Crippen LogP) is 2.89. The lowest BCUT2D eigenvalue weighted by molar-refractivity contribution is -0.114. The van der Waals surface area contributed by atoms with Gasteiger partial charge >= 0.3 is 0 Å². The van der Waals surface area contributed by atoms with Gasteiger partial charge in [-0.25, -0.2) is 0 Å². The zero-order valence-corrected chi connectivity index (χ0v) is 10.9. The quantitative estimate of drug-likeness (QED) is 0.714. The molecule has 1 atom stereocenters. The first-order valence-corrected chi connectivity index (χ1v) is 8.95. The van der Waals surface area contributed by atoms with Gasteiger partial charge in [-0.15, -0.1) is 0 Å². The minimum atomic E-state index is -1.45. The molecular weight excluding hydrogens is 212 g/mol. The van der Waals surface area contributed by atoms with Gasteiger partial charge in [0.05, 0.1) is 8.07 Å². The first-order chi connectivity index (χ1) is 7.60. The average Bonchev–Trinajstić information content (AvgIpc) is 2.31. The molecule has 1 nitrogen and oxygen atoms in total. The number of carbonyl (C=O) groups excluding carboxylic acids is 1. The van der Waals surface area contributed by atoms with Gasteiger partial charge in [-0.3, -0.25) is 4.79 Å². The molecule has 0 fully saturated rings. The van der Waals surface area contributed by atoms with Crippen LogP contribution in [0.25, 0.3) is 0 Å². The van der Waals surface area contributed by atoms with E-state index in [1.165, 1.54) is 5.19 Å². The van der Waals surface area contributed by atoms with Crippen LogP contribution in [0, 0.1) is 0 Å². The summed E-state index contributed by atoms with van der Waals surface area (Å²) in [4.78, 5) is 11.2. The molecule has 16 heavy (non-hydrogen) atoms. The molecule has 1 aliphatic rings. The molecule has 84 valence electrons. The minimum absolute atomic E-state index is 0.286. The van der Waals surface area contributed by atoms with Crippen LogP contribution in [-0.4, -0.2) is 13.9 Å². The van der Waals surface area contributed by atoms with Crippen LogP contribution >= 0.6 is 0 Å². The van der Waals surface area contributed by atoms with Gasteiger partial charge in [0.2, 0.25) is 0 Å². The highest BCUT2D eigenvalue weighted by Gasteiger charge is 2.33. The third-order valence-corrected chi connectivity index (χ3v) is 7.82. The molecule has 2 rings (SSSR count). The summed E-state index contributed by atoms with van der Waals surface area (Å²) in [5.74, 6) is 0.286. The fourth-order valence-corrected chi connectivity index (χ4v) is 5.31. The predicted molar refractivity (Wildman–Crippen MR) is 70.7 cm³/mol. The molecule has 0 aromatic heterocycles. The van der Waals surface area contributed by atoms with Crippen LogP contribution in [0.15, 0.2) is 42.5 Å². The van der Waals surface area contributed by atoms with Gasteiger partial charge in [0.1, 0.15) is 0 Å². The number of rotatable bonds is 2. The molecule has 0 aliphatic heterocycles. The maximum atomic E-state index is 11.2. The second-order valence-corrected chi connectivity index (χ2v) is 9.82. The number of benzene rings is 1. The van der Waals surface area contributed by atoms with Crippen molar-refractivity contribution in [1.82, 2.24) is 0 Å². The smallest absolute Gasteiger partial charge is 0.155 e. The Bertz CT molecular complexity index is 406. The zero-order chi connectivity index (χ0) is 11.6. The summed E-state index contributed by atoms with van der Waals surface area (Å²) < 4.78 is 0. The molecule has 0 spiro atoms. The van der Waals surface area contributed by atoms with Crippen LogP contribution in [0.4, 0.5) is 0 Å². The van der Waals surface area contributed by atoms with Crippen LogP contribution in [0.1, 0.15) is 12.8 Å². The Labute approximate surface area is 98.2 Å². The van der Waals surface area contributed by atoms with Crippen molar-refractivity contribution < 1.29 is 4.79 Å². The van der Waals surface area contributed by atoms with Gasteiger partial charge in [-0.2, -0.15) is 0 Å². The monoisotopic (exact) mass is 230 g/mol. The Kier molecular flexibility index (Phi) is 3.10. The minimum Gasteiger partial charge on any atom is -0.295 e. The van der Waals surface area contributed by atoms with E-state index in [1.54, 1.807) is 6.08 Å². The van der Waals surface area contributed by atoms with Crippen molar-refractivity contribution in [3.05, 3.63) is 42.5 Å². The van der Waals surface area contributed by atoms with E-state index in [4.69, 9.17) is 0 Å². The highest BCUT2D eigenvalue weighted by molar-refractivity contribution is 6.91. The molecule has 0 amide bonds. The second kappa shape index (κ2) is 4.38. The van der Waals surface area contributed by atoms with E-state index in [2.05, 4.69) is 49.5 Å². The van der Waals surface area contributed by atoms with Gasteiger partial charge < -0.3 is 0 Å². The van der Waals surface area contributed by atoms with Crippen LogP contribution in [0.3, 0.4) is 0 Å². The highest BCUT2D eigenvalue weighted by Crippen LogP contribution is 2.31. The molecule has 0 heterocycles. The van der Waals surface area contributed by atoms with Crippen molar-refractivity contribution in [3.8, 4) is 0 Å². The van der Waals surface area contributed by atoms with E-state index < -0.39 is 8.07 Å². The zero-order valence-electron chi connectivity index (χ0n) is 9.94. The van der Waals surface area contributed by atoms with Crippen LogP contribution < -0.4 is 5.19 Å². The Hall–Kier alpha value is -1.15. The van der Waals surface area contributed by atoms with Gasteiger partial charge in [0, 0.05) is 6.42 Å². The van der Waals surface area contributed by atoms with E-state index in [0.717, 1.165) is 12.8 Å². The average molecular weight is 230 g/mol. The van der Waals surface area contributed by atoms with E-state index >= 15 is 0 Å². The normalized spacial score (nSPS) is 21.1. The summed E-state index contributed by atoms with van der Waals surface area (Å²) in [6.07, 6.45) is 5.69. The largest absolute Gasteiger partial charge is 0.295 e. The SMILES string of the molecule is C[Si](C)(c1ccccc1)C1C=CC(=O)CC1. The summed E-state index contributed by atoms with van der Waals surface area (Å²) in [6.45, 7) is 4.79. The molecule has 0 saturated heterocycles.